The van der Waals surface area contributed by atoms with Crippen LogP contribution in [-0.2, 0) is 4.79 Å². The molecule has 154 valence electrons. The van der Waals surface area contributed by atoms with Crippen molar-refractivity contribution in [3.63, 3.8) is 0 Å². The summed E-state index contributed by atoms with van der Waals surface area (Å²) in [7, 11) is 0. The number of para-hydroxylation sites is 2. The zero-order valence-electron chi connectivity index (χ0n) is 16.4. The Morgan fingerprint density at radius 3 is 2.37 bits per heavy atom. The Morgan fingerprint density at radius 2 is 1.63 bits per heavy atom. The van der Waals surface area contributed by atoms with Crippen LogP contribution in [0.2, 0.25) is 0 Å². The van der Waals surface area contributed by atoms with Crippen LogP contribution >= 0.6 is 0 Å². The summed E-state index contributed by atoms with van der Waals surface area (Å²) in [6.45, 7) is 2.60. The third kappa shape index (κ3) is 4.32. The first kappa shape index (κ1) is 19.6. The van der Waals surface area contributed by atoms with Crippen LogP contribution in [-0.4, -0.2) is 59.2 Å². The van der Waals surface area contributed by atoms with Gasteiger partial charge in [-0.2, -0.15) is 5.10 Å². The van der Waals surface area contributed by atoms with Crippen molar-refractivity contribution < 1.29 is 14.0 Å². The quantitative estimate of drug-likeness (QED) is 0.703. The van der Waals surface area contributed by atoms with Crippen molar-refractivity contribution in [2.75, 3.05) is 37.6 Å². The van der Waals surface area contributed by atoms with Gasteiger partial charge >= 0.3 is 0 Å². The summed E-state index contributed by atoms with van der Waals surface area (Å²) in [5.41, 5.74) is 1.52. The fourth-order valence-corrected chi connectivity index (χ4v) is 3.43. The average molecular weight is 407 g/mol. The first-order valence-electron chi connectivity index (χ1n) is 9.78. The summed E-state index contributed by atoms with van der Waals surface area (Å²) in [4.78, 5) is 28.8. The molecule has 0 radical (unpaired) electrons. The zero-order chi connectivity index (χ0) is 20.9. The number of benzene rings is 2. The first-order valence-corrected chi connectivity index (χ1v) is 9.78. The van der Waals surface area contributed by atoms with Crippen LogP contribution in [0, 0.1) is 5.82 Å². The molecule has 30 heavy (non-hydrogen) atoms. The smallest absolute Gasteiger partial charge is 0.272 e. The SMILES string of the molecule is O=C(NCC(=O)N1CCN(c2ccccc2)CC1)c1ccn(-c2ccccc2F)n1. The van der Waals surface area contributed by atoms with Crippen LogP contribution < -0.4 is 10.2 Å². The van der Waals surface area contributed by atoms with Crippen molar-refractivity contribution in [1.29, 1.82) is 0 Å². The van der Waals surface area contributed by atoms with E-state index in [2.05, 4.69) is 27.4 Å². The van der Waals surface area contributed by atoms with Crippen molar-refractivity contribution >= 4 is 17.5 Å². The maximum Gasteiger partial charge on any atom is 0.272 e. The van der Waals surface area contributed by atoms with Crippen molar-refractivity contribution in [3.05, 3.63) is 78.4 Å². The minimum Gasteiger partial charge on any atom is -0.368 e. The van der Waals surface area contributed by atoms with Gasteiger partial charge in [0.05, 0.1) is 6.54 Å². The summed E-state index contributed by atoms with van der Waals surface area (Å²) < 4.78 is 15.2. The molecule has 1 N–H and O–H groups in total. The summed E-state index contributed by atoms with van der Waals surface area (Å²) in [5, 5.41) is 6.71. The Morgan fingerprint density at radius 1 is 0.933 bits per heavy atom. The molecule has 2 aromatic carbocycles. The predicted octanol–water partition coefficient (Wildman–Crippen LogP) is 2.09. The lowest BCUT2D eigenvalue weighted by atomic mass is 10.2. The number of amides is 2. The van der Waals surface area contributed by atoms with Gasteiger partial charge in [-0.15, -0.1) is 0 Å². The van der Waals surface area contributed by atoms with Gasteiger partial charge in [0.15, 0.2) is 5.69 Å². The number of nitrogens with zero attached hydrogens (tertiary/aromatic N) is 4. The van der Waals surface area contributed by atoms with Crippen molar-refractivity contribution in [3.8, 4) is 5.69 Å². The van der Waals surface area contributed by atoms with Gasteiger partial charge in [0.2, 0.25) is 5.91 Å². The first-order chi connectivity index (χ1) is 14.6. The molecule has 0 saturated carbocycles. The van der Waals surface area contributed by atoms with E-state index in [1.165, 1.54) is 23.0 Å². The lowest BCUT2D eigenvalue weighted by Gasteiger charge is -2.36. The number of halogens is 1. The molecule has 1 aromatic heterocycles. The predicted molar refractivity (Wildman–Crippen MR) is 111 cm³/mol. The fourth-order valence-electron chi connectivity index (χ4n) is 3.43. The number of aromatic nitrogens is 2. The fraction of sp³-hybridized carbons (Fsp3) is 0.227. The Balaban J connectivity index is 1.28. The molecule has 1 fully saturated rings. The van der Waals surface area contributed by atoms with Crippen LogP contribution in [0.1, 0.15) is 10.5 Å². The minimum absolute atomic E-state index is 0.100. The largest absolute Gasteiger partial charge is 0.368 e. The highest BCUT2D eigenvalue weighted by atomic mass is 19.1. The highest BCUT2D eigenvalue weighted by molar-refractivity contribution is 5.94. The van der Waals surface area contributed by atoms with Crippen molar-refractivity contribution in [1.82, 2.24) is 20.0 Å². The highest BCUT2D eigenvalue weighted by Crippen LogP contribution is 2.15. The lowest BCUT2D eigenvalue weighted by Crippen LogP contribution is -2.51. The van der Waals surface area contributed by atoms with E-state index in [0.29, 0.717) is 13.1 Å². The number of anilines is 1. The van der Waals surface area contributed by atoms with Crippen LogP contribution in [0.15, 0.2) is 66.9 Å². The molecular formula is C22H22FN5O2. The van der Waals surface area contributed by atoms with Gasteiger partial charge in [-0.3, -0.25) is 9.59 Å². The molecule has 0 unspecified atom stereocenters. The van der Waals surface area contributed by atoms with E-state index in [1.54, 1.807) is 23.1 Å². The third-order valence-electron chi connectivity index (χ3n) is 5.07. The molecule has 1 aliphatic rings. The number of hydrogen-bond acceptors (Lipinski definition) is 4. The Labute approximate surface area is 173 Å². The standard InChI is InChI=1S/C22H22FN5O2/c23-18-8-4-5-9-20(18)28-11-10-19(25-28)22(30)24-16-21(29)27-14-12-26(13-15-27)17-6-2-1-3-7-17/h1-11H,12-16H2,(H,24,30). The second-order valence-corrected chi connectivity index (χ2v) is 6.98. The molecule has 1 saturated heterocycles. The van der Waals surface area contributed by atoms with Gasteiger partial charge in [0, 0.05) is 38.1 Å². The lowest BCUT2D eigenvalue weighted by molar-refractivity contribution is -0.130. The van der Waals surface area contributed by atoms with E-state index >= 15 is 0 Å². The minimum atomic E-state index is -0.471. The normalized spacial score (nSPS) is 13.9. The average Bonchev–Trinajstić information content (AvgIpc) is 3.28. The number of piperazine rings is 1. The molecule has 2 heterocycles. The third-order valence-corrected chi connectivity index (χ3v) is 5.07. The molecular weight excluding hydrogens is 385 g/mol. The molecule has 1 aliphatic heterocycles. The number of carbonyl (C=O) groups excluding carboxylic acids is 2. The second-order valence-electron chi connectivity index (χ2n) is 6.98. The molecule has 7 nitrogen and oxygen atoms in total. The Kier molecular flexibility index (Phi) is 5.74. The van der Waals surface area contributed by atoms with E-state index in [9.17, 15) is 14.0 Å². The van der Waals surface area contributed by atoms with Gasteiger partial charge in [-0.05, 0) is 30.3 Å². The van der Waals surface area contributed by atoms with Crippen molar-refractivity contribution in [2.45, 2.75) is 0 Å². The summed E-state index contributed by atoms with van der Waals surface area (Å²) in [6.07, 6.45) is 1.51. The number of rotatable bonds is 5. The summed E-state index contributed by atoms with van der Waals surface area (Å²) in [6, 6.07) is 17.7. The van der Waals surface area contributed by atoms with Crippen LogP contribution in [0.3, 0.4) is 0 Å². The zero-order valence-corrected chi connectivity index (χ0v) is 16.4. The summed E-state index contributed by atoms with van der Waals surface area (Å²) in [5.74, 6) is -1.04. The van der Waals surface area contributed by atoms with E-state index in [-0.39, 0.29) is 23.8 Å². The topological polar surface area (TPSA) is 70.5 Å². The Bertz CT molecular complexity index is 1030. The molecule has 0 spiro atoms. The van der Waals surface area contributed by atoms with Crippen molar-refractivity contribution in [2.24, 2.45) is 0 Å². The van der Waals surface area contributed by atoms with Crippen LogP contribution in [0.5, 0.6) is 0 Å². The van der Waals surface area contributed by atoms with E-state index < -0.39 is 11.7 Å². The maximum absolute atomic E-state index is 13.9. The van der Waals surface area contributed by atoms with Crippen LogP contribution in [0.4, 0.5) is 10.1 Å². The van der Waals surface area contributed by atoms with Gasteiger partial charge in [0.1, 0.15) is 11.5 Å². The van der Waals surface area contributed by atoms with E-state index in [1.807, 2.05) is 18.2 Å². The molecule has 4 rings (SSSR count). The van der Waals surface area contributed by atoms with Crippen LogP contribution in [0.25, 0.3) is 5.69 Å². The molecule has 8 heteroatoms. The molecule has 0 bridgehead atoms. The van der Waals surface area contributed by atoms with Gasteiger partial charge in [0.25, 0.3) is 5.91 Å². The number of nitrogens with one attached hydrogen (secondary N) is 1. The second kappa shape index (κ2) is 8.77. The van der Waals surface area contributed by atoms with Gasteiger partial charge in [-0.1, -0.05) is 30.3 Å². The number of carbonyl (C=O) groups is 2. The van der Waals surface area contributed by atoms with Gasteiger partial charge in [-0.25, -0.2) is 9.07 Å². The maximum atomic E-state index is 13.9. The highest BCUT2D eigenvalue weighted by Gasteiger charge is 2.22. The Hall–Kier alpha value is -3.68. The van der Waals surface area contributed by atoms with E-state index in [0.717, 1.165) is 18.8 Å². The van der Waals surface area contributed by atoms with Gasteiger partial charge < -0.3 is 15.1 Å². The molecule has 2 amide bonds. The monoisotopic (exact) mass is 407 g/mol. The molecule has 0 atom stereocenters. The summed E-state index contributed by atoms with van der Waals surface area (Å²) >= 11 is 0. The number of hydrogen-bond donors (Lipinski definition) is 1. The molecule has 3 aromatic rings. The molecule has 0 aliphatic carbocycles. The van der Waals surface area contributed by atoms with E-state index in [4.69, 9.17) is 0 Å².